The molecule has 1 saturated heterocycles. The fourth-order valence-corrected chi connectivity index (χ4v) is 4.89. The zero-order valence-corrected chi connectivity index (χ0v) is 20.9. The second-order valence-corrected chi connectivity index (χ2v) is 9.74. The number of alkyl halides is 2. The van der Waals surface area contributed by atoms with Gasteiger partial charge in [0.25, 0.3) is 5.92 Å². The first-order valence-electron chi connectivity index (χ1n) is 11.3. The van der Waals surface area contributed by atoms with Crippen LogP contribution in [0.2, 0.25) is 10.3 Å². The summed E-state index contributed by atoms with van der Waals surface area (Å²) in [6.45, 7) is 4.09. The first-order chi connectivity index (χ1) is 17.0. The number of pyridine rings is 1. The summed E-state index contributed by atoms with van der Waals surface area (Å²) >= 11 is 12.2. The van der Waals surface area contributed by atoms with Gasteiger partial charge in [0.2, 0.25) is 5.95 Å². The van der Waals surface area contributed by atoms with Crippen LogP contribution in [-0.2, 0) is 0 Å². The number of aromatic carboxylic acids is 1. The molecule has 1 aliphatic rings. The number of aromatic nitrogens is 4. The molecule has 8 nitrogen and oxygen atoms in total. The van der Waals surface area contributed by atoms with Gasteiger partial charge in [0.15, 0.2) is 11.3 Å². The van der Waals surface area contributed by atoms with E-state index in [1.807, 2.05) is 30.9 Å². The zero-order chi connectivity index (χ0) is 25.8. The van der Waals surface area contributed by atoms with Crippen LogP contribution >= 0.6 is 23.2 Å². The molecule has 1 aromatic carbocycles. The molecule has 5 rings (SSSR count). The van der Waals surface area contributed by atoms with Crippen LogP contribution in [0.1, 0.15) is 47.4 Å². The third-order valence-corrected chi connectivity index (χ3v) is 6.70. The number of benzene rings is 1. The average molecular weight is 535 g/mol. The maximum Gasteiger partial charge on any atom is 0.356 e. The summed E-state index contributed by atoms with van der Waals surface area (Å²) in [5.41, 5.74) is 3.00. The molecule has 4 heterocycles. The van der Waals surface area contributed by atoms with Gasteiger partial charge in [-0.3, -0.25) is 4.40 Å². The fourth-order valence-electron chi connectivity index (χ4n) is 4.56. The predicted octanol–water partition coefficient (Wildman–Crippen LogP) is 6.00. The predicted molar refractivity (Wildman–Crippen MR) is 135 cm³/mol. The Morgan fingerprint density at radius 1 is 1.14 bits per heavy atom. The molecular formula is C24H22Cl2F2N6O2. The molecule has 0 aliphatic carbocycles. The monoisotopic (exact) mass is 534 g/mol. The minimum absolute atomic E-state index is 0.0728. The van der Waals surface area contributed by atoms with Gasteiger partial charge in [0.05, 0.1) is 23.4 Å². The molecule has 188 valence electrons. The molecule has 1 unspecified atom stereocenters. The van der Waals surface area contributed by atoms with Crippen molar-refractivity contribution in [1.29, 1.82) is 0 Å². The van der Waals surface area contributed by atoms with Crippen LogP contribution in [-0.4, -0.2) is 49.4 Å². The topological polar surface area (TPSA) is 95.6 Å². The Labute approximate surface area is 214 Å². The number of anilines is 2. The van der Waals surface area contributed by atoms with Gasteiger partial charge in [0.1, 0.15) is 10.3 Å². The fraction of sp³-hybridized carbons (Fsp3) is 0.333. The first kappa shape index (κ1) is 24.5. The molecule has 1 fully saturated rings. The Kier molecular flexibility index (Phi) is 6.12. The lowest BCUT2D eigenvalue weighted by Gasteiger charge is -2.33. The van der Waals surface area contributed by atoms with Gasteiger partial charge in [0, 0.05) is 36.9 Å². The number of halogens is 4. The quantitative estimate of drug-likeness (QED) is 0.303. The van der Waals surface area contributed by atoms with Crippen molar-refractivity contribution in [3.8, 4) is 0 Å². The molecule has 12 heteroatoms. The highest BCUT2D eigenvalue weighted by Crippen LogP contribution is 2.35. The van der Waals surface area contributed by atoms with Crippen molar-refractivity contribution in [3.63, 3.8) is 0 Å². The lowest BCUT2D eigenvalue weighted by atomic mass is 10.0. The number of aryl methyl sites for hydroxylation is 1. The van der Waals surface area contributed by atoms with E-state index in [2.05, 4.69) is 15.3 Å². The number of imidazole rings is 1. The van der Waals surface area contributed by atoms with Crippen molar-refractivity contribution < 1.29 is 18.7 Å². The van der Waals surface area contributed by atoms with E-state index in [0.29, 0.717) is 22.8 Å². The summed E-state index contributed by atoms with van der Waals surface area (Å²) < 4.78 is 29.4. The number of hydrogen-bond acceptors (Lipinski definition) is 6. The van der Waals surface area contributed by atoms with Gasteiger partial charge in [-0.15, -0.1) is 0 Å². The maximum absolute atomic E-state index is 13.8. The van der Waals surface area contributed by atoms with Gasteiger partial charge in [-0.1, -0.05) is 29.3 Å². The number of carboxylic acids is 1. The highest BCUT2D eigenvalue weighted by Gasteiger charge is 2.35. The molecule has 0 saturated carbocycles. The van der Waals surface area contributed by atoms with Crippen LogP contribution in [0.15, 0.2) is 30.5 Å². The number of fused-ring (bicyclic) bond motifs is 3. The molecule has 36 heavy (non-hydrogen) atoms. The number of hydrogen-bond donors (Lipinski definition) is 2. The van der Waals surface area contributed by atoms with E-state index in [9.17, 15) is 18.7 Å². The number of carbonyl (C=O) groups is 1. The summed E-state index contributed by atoms with van der Waals surface area (Å²) in [6.07, 6.45) is 1.10. The Morgan fingerprint density at radius 3 is 2.56 bits per heavy atom. The average Bonchev–Trinajstić information content (AvgIpc) is 3.21. The lowest BCUT2D eigenvalue weighted by Crippen LogP contribution is -2.40. The second-order valence-electron chi connectivity index (χ2n) is 8.96. The molecule has 1 aliphatic heterocycles. The Hall–Kier alpha value is -3.24. The summed E-state index contributed by atoms with van der Waals surface area (Å²) in [6, 6.07) is 6.57. The van der Waals surface area contributed by atoms with E-state index in [1.54, 1.807) is 16.7 Å². The summed E-state index contributed by atoms with van der Waals surface area (Å²) in [7, 11) is 0. The van der Waals surface area contributed by atoms with Crippen LogP contribution in [0.3, 0.4) is 0 Å². The molecule has 2 N–H and O–H groups in total. The van der Waals surface area contributed by atoms with Crippen molar-refractivity contribution >= 4 is 57.4 Å². The number of piperidine rings is 1. The van der Waals surface area contributed by atoms with Gasteiger partial charge in [-0.05, 0) is 37.6 Å². The van der Waals surface area contributed by atoms with Crippen LogP contribution in [0.25, 0.3) is 16.6 Å². The molecule has 4 aromatic rings. The summed E-state index contributed by atoms with van der Waals surface area (Å²) in [5, 5.41) is 13.9. The minimum atomic E-state index is -2.70. The largest absolute Gasteiger partial charge is 0.476 e. The zero-order valence-electron chi connectivity index (χ0n) is 19.4. The minimum Gasteiger partial charge on any atom is -0.476 e. The highest BCUT2D eigenvalue weighted by molar-refractivity contribution is 6.30. The van der Waals surface area contributed by atoms with Gasteiger partial charge < -0.3 is 15.3 Å². The molecule has 0 bridgehead atoms. The van der Waals surface area contributed by atoms with Gasteiger partial charge in [-0.2, -0.15) is 0 Å². The van der Waals surface area contributed by atoms with Crippen LogP contribution in [0.4, 0.5) is 20.4 Å². The third kappa shape index (κ3) is 4.51. The summed E-state index contributed by atoms with van der Waals surface area (Å²) in [4.78, 5) is 26.9. The molecule has 0 spiro atoms. The number of nitrogens with one attached hydrogen (secondary N) is 1. The standard InChI is InChI=1S/C24H22Cl2F2N6O2/c1-12-9-14(13(2)29-16-3-4-17(25)30-20(16)22(35)36)19-15(10-12)21-31-18(26)11-34(21)23(32-19)33-7-5-24(27,28)6-8-33/h3-4,9-11,13,29H,5-8H2,1-2H3,(H,35,36). The van der Waals surface area contributed by atoms with Crippen molar-refractivity contribution in [2.75, 3.05) is 23.3 Å². The van der Waals surface area contributed by atoms with Gasteiger partial charge in [-0.25, -0.2) is 28.5 Å². The lowest BCUT2D eigenvalue weighted by molar-refractivity contribution is -0.0222. The highest BCUT2D eigenvalue weighted by atomic mass is 35.5. The van der Waals surface area contributed by atoms with Crippen LogP contribution in [0, 0.1) is 6.92 Å². The van der Waals surface area contributed by atoms with E-state index in [0.717, 1.165) is 16.5 Å². The normalized spacial score (nSPS) is 16.4. The maximum atomic E-state index is 13.8. The van der Waals surface area contributed by atoms with Crippen molar-refractivity contribution in [2.24, 2.45) is 0 Å². The Morgan fingerprint density at radius 2 is 1.86 bits per heavy atom. The molecule has 0 radical (unpaired) electrons. The smallest absolute Gasteiger partial charge is 0.356 e. The molecular weight excluding hydrogens is 513 g/mol. The Bertz CT molecular complexity index is 1500. The second kappa shape index (κ2) is 9.01. The van der Waals surface area contributed by atoms with Crippen molar-refractivity contribution in [1.82, 2.24) is 19.4 Å². The summed E-state index contributed by atoms with van der Waals surface area (Å²) in [5.74, 6) is -3.43. The van der Waals surface area contributed by atoms with E-state index in [-0.39, 0.29) is 41.9 Å². The molecule has 0 amide bonds. The first-order valence-corrected chi connectivity index (χ1v) is 12.1. The van der Waals surface area contributed by atoms with E-state index < -0.39 is 17.9 Å². The molecule has 1 atom stereocenters. The SMILES string of the molecule is Cc1cc(C(C)Nc2ccc(Cl)nc2C(=O)O)c2nc(N3CCC(F)(F)CC3)n3cc(Cl)nc3c2c1. The number of carboxylic acid groups (broad SMARTS) is 1. The van der Waals surface area contributed by atoms with Crippen LogP contribution < -0.4 is 10.2 Å². The third-order valence-electron chi connectivity index (χ3n) is 6.31. The number of rotatable bonds is 5. The van der Waals surface area contributed by atoms with E-state index in [1.165, 1.54) is 6.07 Å². The van der Waals surface area contributed by atoms with E-state index in [4.69, 9.17) is 28.2 Å². The van der Waals surface area contributed by atoms with E-state index >= 15 is 0 Å². The van der Waals surface area contributed by atoms with Gasteiger partial charge >= 0.3 is 5.97 Å². The Balaban J connectivity index is 1.64. The van der Waals surface area contributed by atoms with Crippen LogP contribution in [0.5, 0.6) is 0 Å². The van der Waals surface area contributed by atoms with Crippen molar-refractivity contribution in [3.05, 3.63) is 57.6 Å². The number of nitrogens with zero attached hydrogens (tertiary/aromatic N) is 5. The molecule has 3 aromatic heterocycles. The van der Waals surface area contributed by atoms with Crippen molar-refractivity contribution in [2.45, 2.75) is 38.7 Å².